The normalized spacial score (nSPS) is 20.5. The molecule has 108 valence electrons. The predicted molar refractivity (Wildman–Crippen MR) is 93.6 cm³/mol. The van der Waals surface area contributed by atoms with Gasteiger partial charge in [0.2, 0.25) is 0 Å². The number of allylic oxidation sites excluding steroid dienone is 6. The molecule has 2 aromatic rings. The van der Waals surface area contributed by atoms with Crippen molar-refractivity contribution in [2.24, 2.45) is 0 Å². The molecule has 0 heterocycles. The molecule has 4 rings (SSSR count). The van der Waals surface area contributed by atoms with E-state index in [9.17, 15) is 0 Å². The Morgan fingerprint density at radius 1 is 0.818 bits per heavy atom. The first kappa shape index (κ1) is 13.3. The molecule has 2 aliphatic rings. The Labute approximate surface area is 132 Å². The van der Waals surface area contributed by atoms with E-state index in [1.54, 1.807) is 5.57 Å². The van der Waals surface area contributed by atoms with E-state index in [2.05, 4.69) is 78.9 Å². The molecule has 2 aromatic carbocycles. The number of benzene rings is 2. The molecule has 0 fully saturated rings. The number of hydrogen-bond donors (Lipinski definition) is 0. The molecule has 0 aliphatic heterocycles. The summed E-state index contributed by atoms with van der Waals surface area (Å²) in [5.74, 6) is 0.484. The standard InChI is InChI=1S/C22H20/c1-3-9-17(10-4-1)20-15-19-13-7-8-14-21(19)22(16-20)18-11-5-2-6-12-18/h1-7,9-13,16,20H,8,14-15H2. The second-order valence-corrected chi connectivity index (χ2v) is 6.11. The van der Waals surface area contributed by atoms with Crippen LogP contribution in [-0.4, -0.2) is 0 Å². The number of rotatable bonds is 2. The van der Waals surface area contributed by atoms with Crippen LogP contribution in [0.5, 0.6) is 0 Å². The van der Waals surface area contributed by atoms with Crippen molar-refractivity contribution in [2.75, 3.05) is 0 Å². The minimum Gasteiger partial charge on any atom is -0.0839 e. The second kappa shape index (κ2) is 5.81. The molecule has 0 radical (unpaired) electrons. The van der Waals surface area contributed by atoms with Crippen molar-refractivity contribution in [2.45, 2.75) is 25.2 Å². The maximum Gasteiger partial charge on any atom is 0.00677 e. The van der Waals surface area contributed by atoms with Crippen LogP contribution in [0.15, 0.2) is 90.0 Å². The molecule has 0 spiro atoms. The molecule has 22 heavy (non-hydrogen) atoms. The first-order chi connectivity index (χ1) is 10.9. The van der Waals surface area contributed by atoms with Gasteiger partial charge in [-0.3, -0.25) is 0 Å². The van der Waals surface area contributed by atoms with Gasteiger partial charge in [0.15, 0.2) is 0 Å². The van der Waals surface area contributed by atoms with Crippen LogP contribution in [0.3, 0.4) is 0 Å². The Morgan fingerprint density at radius 2 is 1.55 bits per heavy atom. The number of hydrogen-bond acceptors (Lipinski definition) is 0. The highest BCUT2D eigenvalue weighted by atomic mass is 14.3. The molecule has 0 saturated carbocycles. The highest BCUT2D eigenvalue weighted by molar-refractivity contribution is 5.83. The largest absolute Gasteiger partial charge is 0.0839 e. The van der Waals surface area contributed by atoms with Crippen LogP contribution in [0.4, 0.5) is 0 Å². The van der Waals surface area contributed by atoms with Crippen molar-refractivity contribution < 1.29 is 0 Å². The monoisotopic (exact) mass is 284 g/mol. The molecule has 1 atom stereocenters. The molecular formula is C22H20. The SMILES string of the molecule is C1=CC2=C(CC1)C(c1ccccc1)=CC(c1ccccc1)C2. The lowest BCUT2D eigenvalue weighted by atomic mass is 9.76. The van der Waals surface area contributed by atoms with E-state index in [0.717, 1.165) is 6.42 Å². The fraction of sp³-hybridized carbons (Fsp3) is 0.182. The van der Waals surface area contributed by atoms with Gasteiger partial charge in [0.25, 0.3) is 0 Å². The average Bonchev–Trinajstić information content (AvgIpc) is 2.62. The van der Waals surface area contributed by atoms with Gasteiger partial charge in [-0.25, -0.2) is 0 Å². The topological polar surface area (TPSA) is 0 Å². The minimum absolute atomic E-state index is 0.484. The Bertz CT molecular complexity index is 745. The summed E-state index contributed by atoms with van der Waals surface area (Å²) in [4.78, 5) is 0. The molecule has 0 aromatic heterocycles. The van der Waals surface area contributed by atoms with Crippen LogP contribution in [0.2, 0.25) is 0 Å². The quantitative estimate of drug-likeness (QED) is 0.643. The maximum absolute atomic E-state index is 2.49. The van der Waals surface area contributed by atoms with Crippen LogP contribution in [0, 0.1) is 0 Å². The molecule has 0 nitrogen and oxygen atoms in total. The lowest BCUT2D eigenvalue weighted by Crippen LogP contribution is -2.09. The van der Waals surface area contributed by atoms with Crippen molar-refractivity contribution in [1.82, 2.24) is 0 Å². The molecule has 2 aliphatic carbocycles. The zero-order valence-corrected chi connectivity index (χ0v) is 12.7. The van der Waals surface area contributed by atoms with Gasteiger partial charge in [-0.15, -0.1) is 0 Å². The van der Waals surface area contributed by atoms with E-state index in [-0.39, 0.29) is 0 Å². The van der Waals surface area contributed by atoms with Crippen molar-refractivity contribution in [3.8, 4) is 0 Å². The summed E-state index contributed by atoms with van der Waals surface area (Å²) in [6.07, 6.45) is 10.6. The molecule has 1 unspecified atom stereocenters. The van der Waals surface area contributed by atoms with E-state index < -0.39 is 0 Å². The van der Waals surface area contributed by atoms with Crippen LogP contribution in [0.25, 0.3) is 5.57 Å². The second-order valence-electron chi connectivity index (χ2n) is 6.11. The summed E-state index contributed by atoms with van der Waals surface area (Å²) in [6.45, 7) is 0. The summed E-state index contributed by atoms with van der Waals surface area (Å²) in [6, 6.07) is 21.7. The molecule has 0 heteroatoms. The van der Waals surface area contributed by atoms with E-state index in [0.29, 0.717) is 5.92 Å². The van der Waals surface area contributed by atoms with Gasteiger partial charge in [-0.2, -0.15) is 0 Å². The minimum atomic E-state index is 0.484. The van der Waals surface area contributed by atoms with E-state index in [1.165, 1.54) is 35.1 Å². The summed E-state index contributed by atoms with van der Waals surface area (Å²) < 4.78 is 0. The van der Waals surface area contributed by atoms with E-state index >= 15 is 0 Å². The first-order valence-electron chi connectivity index (χ1n) is 8.13. The summed E-state index contributed by atoms with van der Waals surface area (Å²) >= 11 is 0. The average molecular weight is 284 g/mol. The summed E-state index contributed by atoms with van der Waals surface area (Å²) in [5.41, 5.74) is 7.30. The Hall–Kier alpha value is -2.34. The van der Waals surface area contributed by atoms with Gasteiger partial charge in [-0.1, -0.05) is 78.9 Å². The zero-order valence-electron chi connectivity index (χ0n) is 12.7. The fourth-order valence-electron chi connectivity index (χ4n) is 3.61. The Kier molecular flexibility index (Phi) is 3.52. The molecule has 0 amide bonds. The third kappa shape index (κ3) is 2.46. The summed E-state index contributed by atoms with van der Waals surface area (Å²) in [5, 5.41) is 0. The van der Waals surface area contributed by atoms with Gasteiger partial charge < -0.3 is 0 Å². The summed E-state index contributed by atoms with van der Waals surface area (Å²) in [7, 11) is 0. The maximum atomic E-state index is 2.49. The van der Waals surface area contributed by atoms with Crippen molar-refractivity contribution in [1.29, 1.82) is 0 Å². The van der Waals surface area contributed by atoms with Crippen LogP contribution in [0.1, 0.15) is 36.3 Å². The van der Waals surface area contributed by atoms with Gasteiger partial charge in [0.05, 0.1) is 0 Å². The van der Waals surface area contributed by atoms with Crippen LogP contribution < -0.4 is 0 Å². The molecule has 0 bridgehead atoms. The van der Waals surface area contributed by atoms with Gasteiger partial charge in [0, 0.05) is 5.92 Å². The van der Waals surface area contributed by atoms with Crippen LogP contribution in [-0.2, 0) is 0 Å². The van der Waals surface area contributed by atoms with Crippen LogP contribution >= 0.6 is 0 Å². The van der Waals surface area contributed by atoms with E-state index in [1.807, 2.05) is 0 Å². The highest BCUT2D eigenvalue weighted by Gasteiger charge is 2.23. The Balaban J connectivity index is 1.81. The smallest absolute Gasteiger partial charge is 0.00677 e. The molecule has 0 N–H and O–H groups in total. The van der Waals surface area contributed by atoms with Crippen molar-refractivity contribution in [3.05, 3.63) is 101 Å². The first-order valence-corrected chi connectivity index (χ1v) is 8.13. The highest BCUT2D eigenvalue weighted by Crippen LogP contribution is 2.43. The molecule has 0 saturated heterocycles. The van der Waals surface area contributed by atoms with Gasteiger partial charge >= 0.3 is 0 Å². The van der Waals surface area contributed by atoms with Crippen molar-refractivity contribution >= 4 is 5.57 Å². The van der Waals surface area contributed by atoms with Gasteiger partial charge in [0.1, 0.15) is 0 Å². The molecular weight excluding hydrogens is 264 g/mol. The third-order valence-electron chi connectivity index (χ3n) is 4.71. The van der Waals surface area contributed by atoms with Gasteiger partial charge in [-0.05, 0) is 47.1 Å². The fourth-order valence-corrected chi connectivity index (χ4v) is 3.61. The lowest BCUT2D eigenvalue weighted by molar-refractivity contribution is 0.797. The zero-order chi connectivity index (χ0) is 14.8. The van der Waals surface area contributed by atoms with E-state index in [4.69, 9.17) is 0 Å². The lowest BCUT2D eigenvalue weighted by Gasteiger charge is -2.28. The third-order valence-corrected chi connectivity index (χ3v) is 4.71. The predicted octanol–water partition coefficient (Wildman–Crippen LogP) is 5.90. The Morgan fingerprint density at radius 3 is 2.32 bits per heavy atom. The van der Waals surface area contributed by atoms with Crippen molar-refractivity contribution in [3.63, 3.8) is 0 Å².